The van der Waals surface area contributed by atoms with Crippen LogP contribution in [0.5, 0.6) is 0 Å². The SMILES string of the molecule is CCO[Si](OCC)(OCC)C(CC)N=Cc1ccccc1. The molecule has 1 unspecified atom stereocenters. The molecule has 0 heterocycles. The van der Waals surface area contributed by atoms with Gasteiger partial charge in [0, 0.05) is 26.0 Å². The molecule has 0 N–H and O–H groups in total. The third kappa shape index (κ3) is 5.35. The van der Waals surface area contributed by atoms with Gasteiger partial charge in [0.05, 0.1) is 0 Å². The fourth-order valence-corrected chi connectivity index (χ4v) is 4.97. The molecule has 0 bridgehead atoms. The van der Waals surface area contributed by atoms with Gasteiger partial charge in [-0.3, -0.25) is 4.99 Å². The maximum absolute atomic E-state index is 5.93. The predicted octanol–water partition coefficient (Wildman–Crippen LogP) is 3.47. The van der Waals surface area contributed by atoms with E-state index in [9.17, 15) is 0 Å². The molecule has 0 fully saturated rings. The summed E-state index contributed by atoms with van der Waals surface area (Å²) in [6.45, 7) is 9.71. The van der Waals surface area contributed by atoms with Crippen LogP contribution in [0.1, 0.15) is 39.7 Å². The Morgan fingerprint density at radius 3 is 1.90 bits per heavy atom. The molecular weight excluding hydrogens is 282 g/mol. The molecule has 0 radical (unpaired) electrons. The van der Waals surface area contributed by atoms with Crippen LogP contribution >= 0.6 is 0 Å². The van der Waals surface area contributed by atoms with Crippen molar-refractivity contribution in [2.45, 2.75) is 39.8 Å². The van der Waals surface area contributed by atoms with E-state index in [0.29, 0.717) is 19.8 Å². The van der Waals surface area contributed by atoms with Gasteiger partial charge in [-0.15, -0.1) is 0 Å². The quantitative estimate of drug-likeness (QED) is 0.491. The van der Waals surface area contributed by atoms with Gasteiger partial charge in [0.25, 0.3) is 0 Å². The average Bonchev–Trinajstić information content (AvgIpc) is 2.49. The van der Waals surface area contributed by atoms with Crippen molar-refractivity contribution < 1.29 is 13.3 Å². The fraction of sp³-hybridized carbons (Fsp3) is 0.562. The van der Waals surface area contributed by atoms with Crippen molar-refractivity contribution in [1.82, 2.24) is 0 Å². The Balaban J connectivity index is 2.96. The second kappa shape index (κ2) is 9.84. The molecule has 0 aliphatic rings. The first-order valence-electron chi connectivity index (χ1n) is 7.72. The Hall–Kier alpha value is -1.01. The molecule has 0 saturated heterocycles. The van der Waals surface area contributed by atoms with E-state index in [2.05, 4.69) is 6.92 Å². The lowest BCUT2D eigenvalue weighted by atomic mass is 10.2. The van der Waals surface area contributed by atoms with Crippen LogP contribution in [0.15, 0.2) is 35.3 Å². The van der Waals surface area contributed by atoms with Crippen LogP contribution in [-0.4, -0.2) is 40.5 Å². The molecule has 1 aromatic rings. The molecule has 4 nitrogen and oxygen atoms in total. The Kier molecular flexibility index (Phi) is 8.45. The van der Waals surface area contributed by atoms with Crippen LogP contribution < -0.4 is 0 Å². The molecule has 21 heavy (non-hydrogen) atoms. The molecule has 118 valence electrons. The zero-order valence-corrected chi connectivity index (χ0v) is 14.5. The number of benzene rings is 1. The van der Waals surface area contributed by atoms with Gasteiger partial charge in [0.15, 0.2) is 0 Å². The van der Waals surface area contributed by atoms with E-state index in [0.717, 1.165) is 12.0 Å². The molecule has 0 aliphatic heterocycles. The minimum absolute atomic E-state index is 0.0717. The molecule has 1 rings (SSSR count). The minimum atomic E-state index is -2.78. The van der Waals surface area contributed by atoms with Crippen LogP contribution in [0.4, 0.5) is 0 Å². The van der Waals surface area contributed by atoms with Crippen molar-refractivity contribution in [3.8, 4) is 0 Å². The standard InChI is InChI=1S/C16H27NO3Si/c1-5-16(17-14-15-12-10-9-11-13-15)21(18-6-2,19-7-3)20-8-4/h9-14,16H,5-8H2,1-4H3. The van der Waals surface area contributed by atoms with Crippen molar-refractivity contribution in [3.05, 3.63) is 35.9 Å². The van der Waals surface area contributed by atoms with Crippen LogP contribution in [0, 0.1) is 0 Å². The summed E-state index contributed by atoms with van der Waals surface area (Å²) in [6, 6.07) is 10.1. The molecule has 1 atom stereocenters. The number of hydrogen-bond acceptors (Lipinski definition) is 4. The Morgan fingerprint density at radius 2 is 1.48 bits per heavy atom. The van der Waals surface area contributed by atoms with E-state index in [-0.39, 0.29) is 5.67 Å². The molecular formula is C16H27NO3Si. The van der Waals surface area contributed by atoms with Gasteiger partial charge in [-0.05, 0) is 32.8 Å². The Bertz CT molecular complexity index is 394. The highest BCUT2D eigenvalue weighted by molar-refractivity contribution is 6.62. The summed E-state index contributed by atoms with van der Waals surface area (Å²) in [5.74, 6) is 0. The lowest BCUT2D eigenvalue weighted by molar-refractivity contribution is 0.0622. The zero-order valence-electron chi connectivity index (χ0n) is 13.5. The van der Waals surface area contributed by atoms with Crippen molar-refractivity contribution in [1.29, 1.82) is 0 Å². The van der Waals surface area contributed by atoms with Gasteiger partial charge < -0.3 is 13.3 Å². The van der Waals surface area contributed by atoms with Gasteiger partial charge >= 0.3 is 8.80 Å². The summed E-state index contributed by atoms with van der Waals surface area (Å²) in [7, 11) is -2.78. The first-order valence-corrected chi connectivity index (χ1v) is 9.52. The summed E-state index contributed by atoms with van der Waals surface area (Å²) in [5.41, 5.74) is 1.00. The number of hydrogen-bond donors (Lipinski definition) is 0. The summed E-state index contributed by atoms with van der Waals surface area (Å²) in [6.07, 6.45) is 2.71. The summed E-state index contributed by atoms with van der Waals surface area (Å²) in [5, 5.41) is 0. The van der Waals surface area contributed by atoms with Gasteiger partial charge in [0.2, 0.25) is 0 Å². The molecule has 5 heteroatoms. The second-order valence-electron chi connectivity index (χ2n) is 4.52. The second-order valence-corrected chi connectivity index (χ2v) is 7.26. The third-order valence-corrected chi connectivity index (χ3v) is 6.48. The fourth-order valence-electron chi connectivity index (χ4n) is 2.18. The van der Waals surface area contributed by atoms with Crippen LogP contribution in [-0.2, 0) is 13.3 Å². The van der Waals surface area contributed by atoms with Crippen LogP contribution in [0.25, 0.3) is 0 Å². The molecule has 0 aliphatic carbocycles. The number of rotatable bonds is 10. The van der Waals surface area contributed by atoms with Crippen molar-refractivity contribution >= 4 is 15.0 Å². The van der Waals surface area contributed by atoms with Crippen molar-refractivity contribution in [2.24, 2.45) is 4.99 Å². The summed E-state index contributed by atoms with van der Waals surface area (Å²) in [4.78, 5) is 4.70. The maximum atomic E-state index is 5.93. The number of aliphatic imine (C=N–C) groups is 1. The normalized spacial score (nSPS) is 13.7. The highest BCUT2D eigenvalue weighted by Crippen LogP contribution is 2.20. The van der Waals surface area contributed by atoms with Crippen LogP contribution in [0.3, 0.4) is 0 Å². The van der Waals surface area contributed by atoms with E-state index in [1.165, 1.54) is 0 Å². The van der Waals surface area contributed by atoms with E-state index < -0.39 is 8.80 Å². The minimum Gasteiger partial charge on any atom is -0.373 e. The first-order chi connectivity index (χ1) is 10.2. The molecule has 0 amide bonds. The zero-order chi connectivity index (χ0) is 15.6. The van der Waals surface area contributed by atoms with Gasteiger partial charge in [0.1, 0.15) is 5.67 Å². The average molecular weight is 309 g/mol. The maximum Gasteiger partial charge on any atom is 0.526 e. The summed E-state index contributed by atoms with van der Waals surface area (Å²) < 4.78 is 17.8. The van der Waals surface area contributed by atoms with E-state index >= 15 is 0 Å². The van der Waals surface area contributed by atoms with Gasteiger partial charge in [-0.1, -0.05) is 37.3 Å². The van der Waals surface area contributed by atoms with Gasteiger partial charge in [-0.2, -0.15) is 0 Å². The Morgan fingerprint density at radius 1 is 0.952 bits per heavy atom. The molecule has 0 spiro atoms. The lowest BCUT2D eigenvalue weighted by Gasteiger charge is -2.32. The van der Waals surface area contributed by atoms with Crippen LogP contribution in [0.2, 0.25) is 0 Å². The van der Waals surface area contributed by atoms with E-state index in [1.54, 1.807) is 0 Å². The third-order valence-electron chi connectivity index (χ3n) is 3.03. The first kappa shape index (κ1) is 18.0. The Labute approximate surface area is 129 Å². The molecule has 0 saturated carbocycles. The largest absolute Gasteiger partial charge is 0.526 e. The predicted molar refractivity (Wildman–Crippen MR) is 88.7 cm³/mol. The van der Waals surface area contributed by atoms with E-state index in [4.69, 9.17) is 18.3 Å². The topological polar surface area (TPSA) is 40.0 Å². The lowest BCUT2D eigenvalue weighted by Crippen LogP contribution is -2.55. The number of nitrogens with zero attached hydrogens (tertiary/aromatic N) is 1. The highest BCUT2D eigenvalue weighted by Gasteiger charge is 2.48. The smallest absolute Gasteiger partial charge is 0.373 e. The molecule has 0 aromatic heterocycles. The highest BCUT2D eigenvalue weighted by atomic mass is 28.4. The van der Waals surface area contributed by atoms with Crippen molar-refractivity contribution in [3.63, 3.8) is 0 Å². The summed E-state index contributed by atoms with van der Waals surface area (Å²) >= 11 is 0. The van der Waals surface area contributed by atoms with E-state index in [1.807, 2.05) is 57.3 Å². The molecule has 1 aromatic carbocycles. The van der Waals surface area contributed by atoms with Crippen molar-refractivity contribution in [2.75, 3.05) is 19.8 Å². The van der Waals surface area contributed by atoms with Gasteiger partial charge in [-0.25, -0.2) is 0 Å². The monoisotopic (exact) mass is 309 g/mol.